The number of nitriles is 1. The second-order valence-corrected chi connectivity index (χ2v) is 5.24. The lowest BCUT2D eigenvalue weighted by atomic mass is 10.3. The smallest absolute Gasteiger partial charge is 0.126 e. The molecular weight excluding hydrogens is 244 g/mol. The Hall–Kier alpha value is -1.93. The number of pyridine rings is 1. The van der Waals surface area contributed by atoms with E-state index in [2.05, 4.69) is 20.7 Å². The van der Waals surface area contributed by atoms with Gasteiger partial charge in [0.25, 0.3) is 0 Å². The van der Waals surface area contributed by atoms with Crippen molar-refractivity contribution >= 4 is 17.2 Å². The number of hydrogen-bond acceptors (Lipinski definition) is 5. The lowest BCUT2D eigenvalue weighted by Gasteiger charge is -2.02. The van der Waals surface area contributed by atoms with Crippen LogP contribution in [0.15, 0.2) is 23.7 Å². The van der Waals surface area contributed by atoms with Crippen LogP contribution in [0, 0.1) is 11.3 Å². The van der Waals surface area contributed by atoms with Crippen LogP contribution in [-0.4, -0.2) is 9.97 Å². The molecule has 2 aromatic rings. The Morgan fingerprint density at radius 1 is 1.44 bits per heavy atom. The van der Waals surface area contributed by atoms with Crippen molar-refractivity contribution in [3.05, 3.63) is 40.0 Å². The Bertz CT molecular complexity index is 578. The van der Waals surface area contributed by atoms with Crippen LogP contribution >= 0.6 is 11.3 Å². The summed E-state index contributed by atoms with van der Waals surface area (Å²) in [7, 11) is 0. The third kappa shape index (κ3) is 2.49. The van der Waals surface area contributed by atoms with Crippen LogP contribution in [-0.2, 0) is 6.54 Å². The van der Waals surface area contributed by atoms with Crippen LogP contribution in [0.3, 0.4) is 0 Å². The minimum Gasteiger partial charge on any atom is -0.364 e. The number of nitrogens with one attached hydrogen (secondary N) is 1. The zero-order valence-corrected chi connectivity index (χ0v) is 10.6. The molecule has 2 heterocycles. The van der Waals surface area contributed by atoms with E-state index in [-0.39, 0.29) is 0 Å². The Morgan fingerprint density at radius 2 is 2.33 bits per heavy atom. The van der Waals surface area contributed by atoms with Crippen molar-refractivity contribution in [2.75, 3.05) is 5.32 Å². The topological polar surface area (TPSA) is 61.6 Å². The van der Waals surface area contributed by atoms with Gasteiger partial charge < -0.3 is 5.32 Å². The summed E-state index contributed by atoms with van der Waals surface area (Å²) >= 11 is 1.75. The molecule has 0 saturated heterocycles. The van der Waals surface area contributed by atoms with E-state index in [9.17, 15) is 0 Å². The van der Waals surface area contributed by atoms with Gasteiger partial charge in [0, 0.05) is 17.5 Å². The molecule has 1 saturated carbocycles. The third-order valence-corrected chi connectivity index (χ3v) is 3.90. The van der Waals surface area contributed by atoms with Gasteiger partial charge in [0.2, 0.25) is 0 Å². The van der Waals surface area contributed by atoms with Crippen molar-refractivity contribution in [1.82, 2.24) is 9.97 Å². The maximum atomic E-state index is 8.68. The first kappa shape index (κ1) is 11.2. The lowest BCUT2D eigenvalue weighted by Crippen LogP contribution is -2.01. The first-order chi connectivity index (χ1) is 8.85. The fourth-order valence-corrected chi connectivity index (χ4v) is 2.66. The van der Waals surface area contributed by atoms with Crippen LogP contribution in [0.25, 0.3) is 0 Å². The molecule has 0 radical (unpaired) electrons. The Labute approximate surface area is 109 Å². The third-order valence-electron chi connectivity index (χ3n) is 2.84. The Kier molecular flexibility index (Phi) is 2.95. The van der Waals surface area contributed by atoms with Gasteiger partial charge in [0.15, 0.2) is 0 Å². The molecule has 90 valence electrons. The van der Waals surface area contributed by atoms with Gasteiger partial charge >= 0.3 is 0 Å². The molecule has 1 N–H and O–H groups in total. The molecule has 0 bridgehead atoms. The summed E-state index contributed by atoms with van der Waals surface area (Å²) in [5, 5.41) is 15.3. The molecule has 0 spiro atoms. The molecule has 0 unspecified atom stereocenters. The first-order valence-corrected chi connectivity index (χ1v) is 6.77. The summed E-state index contributed by atoms with van der Waals surface area (Å²) in [6.45, 7) is 0.683. The Balaban J connectivity index is 1.60. The zero-order valence-electron chi connectivity index (χ0n) is 9.76. The molecule has 0 aliphatic heterocycles. The van der Waals surface area contributed by atoms with Crippen molar-refractivity contribution in [2.45, 2.75) is 25.3 Å². The van der Waals surface area contributed by atoms with Gasteiger partial charge in [-0.3, -0.25) is 0 Å². The molecule has 1 aliphatic carbocycles. The highest BCUT2D eigenvalue weighted by molar-refractivity contribution is 7.09. The average molecular weight is 256 g/mol. The minimum absolute atomic E-state index is 0.574. The summed E-state index contributed by atoms with van der Waals surface area (Å²) in [6.07, 6.45) is 4.15. The molecule has 2 aromatic heterocycles. The summed E-state index contributed by atoms with van der Waals surface area (Å²) < 4.78 is 0. The summed E-state index contributed by atoms with van der Waals surface area (Å²) in [5.74, 6) is 1.49. The maximum absolute atomic E-state index is 8.68. The number of rotatable bonds is 4. The quantitative estimate of drug-likeness (QED) is 0.913. The van der Waals surface area contributed by atoms with E-state index in [4.69, 9.17) is 5.26 Å². The van der Waals surface area contributed by atoms with Gasteiger partial charge in [-0.25, -0.2) is 9.97 Å². The van der Waals surface area contributed by atoms with Crippen molar-refractivity contribution in [3.8, 4) is 6.07 Å². The first-order valence-electron chi connectivity index (χ1n) is 5.89. The van der Waals surface area contributed by atoms with Crippen LogP contribution in [0.4, 0.5) is 5.82 Å². The summed E-state index contributed by atoms with van der Waals surface area (Å²) in [4.78, 5) is 8.76. The SMILES string of the molecule is N#Cc1ccc(NCc2csc(C3CC3)n2)nc1. The second-order valence-electron chi connectivity index (χ2n) is 4.35. The predicted octanol–water partition coefficient (Wildman–Crippen LogP) is 2.90. The van der Waals surface area contributed by atoms with Crippen LogP contribution in [0.5, 0.6) is 0 Å². The maximum Gasteiger partial charge on any atom is 0.126 e. The van der Waals surface area contributed by atoms with E-state index >= 15 is 0 Å². The molecule has 0 aromatic carbocycles. The predicted molar refractivity (Wildman–Crippen MR) is 70.4 cm³/mol. The van der Waals surface area contributed by atoms with Gasteiger partial charge in [0.05, 0.1) is 22.8 Å². The van der Waals surface area contributed by atoms with Gasteiger partial charge in [-0.2, -0.15) is 5.26 Å². The molecule has 0 amide bonds. The second kappa shape index (κ2) is 4.75. The highest BCUT2D eigenvalue weighted by Crippen LogP contribution is 2.41. The molecule has 1 aliphatic rings. The highest BCUT2D eigenvalue weighted by atomic mass is 32.1. The lowest BCUT2D eigenvalue weighted by molar-refractivity contribution is 0.995. The van der Waals surface area contributed by atoms with E-state index in [1.807, 2.05) is 12.1 Å². The average Bonchev–Trinajstić information content (AvgIpc) is 3.16. The fourth-order valence-electron chi connectivity index (χ4n) is 1.67. The molecular formula is C13H12N4S. The minimum atomic E-state index is 0.574. The van der Waals surface area contributed by atoms with E-state index < -0.39 is 0 Å². The van der Waals surface area contributed by atoms with Crippen molar-refractivity contribution in [1.29, 1.82) is 5.26 Å². The molecule has 0 atom stereocenters. The fraction of sp³-hybridized carbons (Fsp3) is 0.308. The van der Waals surface area contributed by atoms with E-state index in [0.29, 0.717) is 12.1 Å². The number of anilines is 1. The van der Waals surface area contributed by atoms with Gasteiger partial charge in [-0.15, -0.1) is 11.3 Å². The van der Waals surface area contributed by atoms with Crippen molar-refractivity contribution in [3.63, 3.8) is 0 Å². The standard InChI is InChI=1S/C13H12N4S/c14-5-9-1-4-12(15-6-9)16-7-11-8-18-13(17-11)10-2-3-10/h1,4,6,8,10H,2-3,7H2,(H,15,16). The van der Waals surface area contributed by atoms with Crippen molar-refractivity contribution < 1.29 is 0 Å². The zero-order chi connectivity index (χ0) is 12.4. The van der Waals surface area contributed by atoms with Gasteiger partial charge in [-0.1, -0.05) is 0 Å². The molecule has 3 rings (SSSR count). The van der Waals surface area contributed by atoms with Crippen molar-refractivity contribution in [2.24, 2.45) is 0 Å². The molecule has 4 nitrogen and oxygen atoms in total. The van der Waals surface area contributed by atoms with E-state index in [1.54, 1.807) is 23.6 Å². The van der Waals surface area contributed by atoms with Crippen LogP contribution in [0.2, 0.25) is 0 Å². The van der Waals surface area contributed by atoms with Gasteiger partial charge in [-0.05, 0) is 25.0 Å². The molecule has 5 heteroatoms. The number of thiazole rings is 1. The Morgan fingerprint density at radius 3 is 3.00 bits per heavy atom. The van der Waals surface area contributed by atoms with Crippen LogP contribution in [0.1, 0.15) is 35.0 Å². The summed E-state index contributed by atoms with van der Waals surface area (Å²) in [5.41, 5.74) is 1.64. The number of hydrogen-bond donors (Lipinski definition) is 1. The van der Waals surface area contributed by atoms with E-state index in [1.165, 1.54) is 17.8 Å². The van der Waals surface area contributed by atoms with Crippen LogP contribution < -0.4 is 5.32 Å². The van der Waals surface area contributed by atoms with Gasteiger partial charge in [0.1, 0.15) is 11.9 Å². The molecule has 18 heavy (non-hydrogen) atoms. The van der Waals surface area contributed by atoms with E-state index in [0.717, 1.165) is 17.4 Å². The monoisotopic (exact) mass is 256 g/mol. The highest BCUT2D eigenvalue weighted by Gasteiger charge is 2.26. The number of aromatic nitrogens is 2. The normalized spacial score (nSPS) is 14.2. The largest absolute Gasteiger partial charge is 0.364 e. The number of nitrogens with zero attached hydrogens (tertiary/aromatic N) is 3. The molecule has 1 fully saturated rings. The summed E-state index contributed by atoms with van der Waals surface area (Å²) in [6, 6.07) is 5.62.